The first-order valence-electron chi connectivity index (χ1n) is 9.79. The number of hydrogen-bond donors (Lipinski definition) is 1. The number of halogens is 1. The van der Waals surface area contributed by atoms with Gasteiger partial charge in [0.2, 0.25) is 5.91 Å². The molecule has 156 valence electrons. The molecule has 1 amide bonds. The minimum absolute atomic E-state index is 0.0221. The van der Waals surface area contributed by atoms with Crippen LogP contribution in [-0.4, -0.2) is 38.6 Å². The van der Waals surface area contributed by atoms with Gasteiger partial charge in [0.25, 0.3) is 0 Å². The average Bonchev–Trinajstić information content (AvgIpc) is 2.69. The highest BCUT2D eigenvalue weighted by molar-refractivity contribution is 9.10. The maximum atomic E-state index is 12.7. The Bertz CT molecular complexity index is 935. The monoisotopic (exact) mass is 478 g/mol. The number of rotatable bonds is 6. The highest BCUT2D eigenvalue weighted by Crippen LogP contribution is 2.22. The number of carbonyl (C=O) groups excluding carboxylic acids is 1. The average molecular weight is 479 g/mol. The molecule has 7 heteroatoms. The molecule has 0 unspecified atom stereocenters. The molecule has 1 aliphatic rings. The molecule has 0 bridgehead atoms. The van der Waals surface area contributed by atoms with Gasteiger partial charge in [-0.25, -0.2) is 8.42 Å². The van der Waals surface area contributed by atoms with Crippen molar-refractivity contribution in [2.75, 3.05) is 19.3 Å². The zero-order valence-corrected chi connectivity index (χ0v) is 19.2. The summed E-state index contributed by atoms with van der Waals surface area (Å²) >= 11 is 3.46. The number of benzene rings is 2. The van der Waals surface area contributed by atoms with E-state index >= 15 is 0 Å². The van der Waals surface area contributed by atoms with Gasteiger partial charge in [0.15, 0.2) is 9.84 Å². The summed E-state index contributed by atoms with van der Waals surface area (Å²) in [5.74, 6) is 0.0990. The fourth-order valence-corrected chi connectivity index (χ4v) is 4.51. The van der Waals surface area contributed by atoms with Gasteiger partial charge in [0, 0.05) is 23.2 Å². The highest BCUT2D eigenvalue weighted by atomic mass is 79.9. The van der Waals surface area contributed by atoms with E-state index in [9.17, 15) is 13.2 Å². The van der Waals surface area contributed by atoms with Crippen molar-refractivity contribution in [3.05, 3.63) is 64.1 Å². The number of hydrogen-bond acceptors (Lipinski definition) is 4. The summed E-state index contributed by atoms with van der Waals surface area (Å²) in [6.45, 7) is 4.65. The molecule has 1 N–H and O–H groups in total. The molecule has 2 aromatic rings. The first kappa shape index (κ1) is 22.0. The SMILES string of the molecule is C[C@@H](NC(=O)C1CCN(Cc2ccc(Br)cc2)CC1)c1ccc(S(C)(=O)=O)cc1. The summed E-state index contributed by atoms with van der Waals surface area (Å²) in [5, 5.41) is 3.08. The van der Waals surface area contributed by atoms with E-state index in [0.29, 0.717) is 0 Å². The highest BCUT2D eigenvalue weighted by Gasteiger charge is 2.26. The van der Waals surface area contributed by atoms with Gasteiger partial charge in [0.05, 0.1) is 10.9 Å². The van der Waals surface area contributed by atoms with Gasteiger partial charge in [-0.2, -0.15) is 0 Å². The van der Waals surface area contributed by atoms with Crippen LogP contribution in [0.4, 0.5) is 0 Å². The van der Waals surface area contributed by atoms with Crippen molar-refractivity contribution >= 4 is 31.7 Å². The van der Waals surface area contributed by atoms with Crippen molar-refractivity contribution < 1.29 is 13.2 Å². The third-order valence-electron chi connectivity index (χ3n) is 5.44. The van der Waals surface area contributed by atoms with Crippen LogP contribution in [0.15, 0.2) is 57.9 Å². The Hall–Kier alpha value is -1.70. The molecule has 0 aliphatic carbocycles. The maximum Gasteiger partial charge on any atom is 0.223 e. The number of nitrogens with one attached hydrogen (secondary N) is 1. The van der Waals surface area contributed by atoms with Crippen LogP contribution < -0.4 is 5.32 Å². The van der Waals surface area contributed by atoms with Gasteiger partial charge in [-0.1, -0.05) is 40.2 Å². The van der Waals surface area contributed by atoms with Crippen LogP contribution in [0.2, 0.25) is 0 Å². The number of nitrogens with zero attached hydrogens (tertiary/aromatic N) is 1. The third-order valence-corrected chi connectivity index (χ3v) is 7.10. The minimum atomic E-state index is -3.21. The van der Waals surface area contributed by atoms with E-state index in [1.165, 1.54) is 11.8 Å². The normalized spacial score (nSPS) is 17.1. The lowest BCUT2D eigenvalue weighted by molar-refractivity contribution is -0.127. The van der Waals surface area contributed by atoms with Crippen LogP contribution in [0.1, 0.15) is 36.9 Å². The largest absolute Gasteiger partial charge is 0.349 e. The number of amides is 1. The lowest BCUT2D eigenvalue weighted by Gasteiger charge is -2.32. The quantitative estimate of drug-likeness (QED) is 0.682. The molecule has 0 spiro atoms. The number of carbonyl (C=O) groups is 1. The van der Waals surface area contributed by atoms with E-state index in [-0.39, 0.29) is 22.8 Å². The Balaban J connectivity index is 1.49. The zero-order chi connectivity index (χ0) is 21.0. The molecular formula is C22H27BrN2O3S. The smallest absolute Gasteiger partial charge is 0.223 e. The Kier molecular flexibility index (Phi) is 7.14. The Labute approximate surface area is 181 Å². The third kappa shape index (κ3) is 6.14. The van der Waals surface area contributed by atoms with Crippen LogP contribution in [0, 0.1) is 5.92 Å². The predicted octanol–water partition coefficient (Wildman–Crippen LogP) is 3.94. The second-order valence-corrected chi connectivity index (χ2v) is 10.7. The van der Waals surface area contributed by atoms with Crippen molar-refractivity contribution in [2.24, 2.45) is 5.92 Å². The molecule has 1 heterocycles. The van der Waals surface area contributed by atoms with E-state index in [1.807, 2.05) is 6.92 Å². The molecule has 3 rings (SSSR count). The standard InChI is InChI=1S/C22H27BrN2O3S/c1-16(18-5-9-21(10-6-18)29(2,27)28)24-22(26)19-11-13-25(14-12-19)15-17-3-7-20(23)8-4-17/h3-10,16,19H,11-15H2,1-2H3,(H,24,26)/t16-/m1/s1. The number of sulfone groups is 1. The van der Waals surface area contributed by atoms with Crippen molar-refractivity contribution in [2.45, 2.75) is 37.2 Å². The predicted molar refractivity (Wildman–Crippen MR) is 118 cm³/mol. The van der Waals surface area contributed by atoms with Gasteiger partial charge in [-0.15, -0.1) is 0 Å². The summed E-state index contributed by atoms with van der Waals surface area (Å²) in [6.07, 6.45) is 2.89. The van der Waals surface area contributed by atoms with Crippen LogP contribution in [0.3, 0.4) is 0 Å². The van der Waals surface area contributed by atoms with Gasteiger partial charge in [0.1, 0.15) is 0 Å². The molecule has 1 aliphatic heterocycles. The molecule has 29 heavy (non-hydrogen) atoms. The summed E-state index contributed by atoms with van der Waals surface area (Å²) in [7, 11) is -3.21. The molecule has 2 aromatic carbocycles. The lowest BCUT2D eigenvalue weighted by atomic mass is 9.95. The van der Waals surface area contributed by atoms with Crippen molar-refractivity contribution in [1.82, 2.24) is 10.2 Å². The van der Waals surface area contributed by atoms with Crippen LogP contribution in [-0.2, 0) is 21.2 Å². The molecule has 5 nitrogen and oxygen atoms in total. The van der Waals surface area contributed by atoms with E-state index in [2.05, 4.69) is 50.4 Å². The van der Waals surface area contributed by atoms with Gasteiger partial charge >= 0.3 is 0 Å². The first-order chi connectivity index (χ1) is 13.7. The molecule has 0 aromatic heterocycles. The molecule has 0 saturated carbocycles. The number of likely N-dealkylation sites (tertiary alicyclic amines) is 1. The minimum Gasteiger partial charge on any atom is -0.349 e. The van der Waals surface area contributed by atoms with Crippen LogP contribution in [0.5, 0.6) is 0 Å². The summed E-state index contributed by atoms with van der Waals surface area (Å²) in [5.41, 5.74) is 2.18. The van der Waals surface area contributed by atoms with Gasteiger partial charge in [-0.3, -0.25) is 9.69 Å². The van der Waals surface area contributed by atoms with E-state index < -0.39 is 9.84 Å². The Morgan fingerprint density at radius 1 is 1.10 bits per heavy atom. The summed E-state index contributed by atoms with van der Waals surface area (Å²) < 4.78 is 24.2. The Morgan fingerprint density at radius 3 is 2.24 bits per heavy atom. The molecule has 1 saturated heterocycles. The molecule has 0 radical (unpaired) electrons. The summed E-state index contributed by atoms with van der Waals surface area (Å²) in [6, 6.07) is 14.9. The van der Waals surface area contributed by atoms with Crippen molar-refractivity contribution in [1.29, 1.82) is 0 Å². The van der Waals surface area contributed by atoms with Gasteiger partial charge < -0.3 is 5.32 Å². The second-order valence-electron chi connectivity index (χ2n) is 7.75. The van der Waals surface area contributed by atoms with Crippen molar-refractivity contribution in [3.8, 4) is 0 Å². The first-order valence-corrected chi connectivity index (χ1v) is 12.5. The van der Waals surface area contributed by atoms with Crippen LogP contribution >= 0.6 is 15.9 Å². The fourth-order valence-electron chi connectivity index (χ4n) is 3.62. The molecule has 1 fully saturated rings. The maximum absolute atomic E-state index is 12.7. The lowest BCUT2D eigenvalue weighted by Crippen LogP contribution is -2.40. The van der Waals surface area contributed by atoms with Crippen molar-refractivity contribution in [3.63, 3.8) is 0 Å². The fraction of sp³-hybridized carbons (Fsp3) is 0.409. The molecular weight excluding hydrogens is 452 g/mol. The topological polar surface area (TPSA) is 66.5 Å². The molecule has 1 atom stereocenters. The zero-order valence-electron chi connectivity index (χ0n) is 16.8. The van der Waals surface area contributed by atoms with Crippen LogP contribution in [0.25, 0.3) is 0 Å². The number of piperidine rings is 1. The second kappa shape index (κ2) is 9.41. The van der Waals surface area contributed by atoms with E-state index in [0.717, 1.165) is 42.5 Å². The Morgan fingerprint density at radius 2 is 1.69 bits per heavy atom. The van der Waals surface area contributed by atoms with E-state index in [1.54, 1.807) is 24.3 Å². The summed E-state index contributed by atoms with van der Waals surface area (Å²) in [4.78, 5) is 15.4. The van der Waals surface area contributed by atoms with Gasteiger partial charge in [-0.05, 0) is 68.2 Å². The van der Waals surface area contributed by atoms with E-state index in [4.69, 9.17) is 0 Å².